The van der Waals surface area contributed by atoms with Crippen LogP contribution in [0, 0.1) is 0 Å². The number of halogens is 9. The largest absolute Gasteiger partial charge is 0.429 e. The molecule has 1 saturated heterocycles. The van der Waals surface area contributed by atoms with Crippen molar-refractivity contribution in [2.75, 3.05) is 26.3 Å². The van der Waals surface area contributed by atoms with Crippen LogP contribution in [0.4, 0.5) is 39.5 Å². The van der Waals surface area contributed by atoms with Crippen LogP contribution in [0.5, 0.6) is 0 Å². The summed E-state index contributed by atoms with van der Waals surface area (Å²) in [5.41, 5.74) is 0. The molecule has 0 aromatic heterocycles. The zero-order valence-electron chi connectivity index (χ0n) is 11.1. The van der Waals surface area contributed by atoms with Crippen molar-refractivity contribution in [2.24, 2.45) is 0 Å². The van der Waals surface area contributed by atoms with Gasteiger partial charge in [-0.2, -0.15) is 26.3 Å². The number of nitrogens with zero attached hydrogens (tertiary/aromatic N) is 1. The summed E-state index contributed by atoms with van der Waals surface area (Å²) < 4.78 is 125. The fourth-order valence-electron chi connectivity index (χ4n) is 1.53. The molecule has 12 heteroatoms. The summed E-state index contributed by atoms with van der Waals surface area (Å²) in [5, 5.41) is 0. The topological polar surface area (TPSA) is 21.7 Å². The second-order valence-corrected chi connectivity index (χ2v) is 4.62. The molecule has 1 aliphatic rings. The summed E-state index contributed by atoms with van der Waals surface area (Å²) in [6.07, 6.45) is -10.3. The Bertz CT molecular complexity index is 379. The van der Waals surface area contributed by atoms with Crippen molar-refractivity contribution in [3.8, 4) is 0 Å². The number of hydrogen-bond acceptors (Lipinski definition) is 3. The molecule has 0 aromatic rings. The Balaban J connectivity index is 2.98. The lowest BCUT2D eigenvalue weighted by Gasteiger charge is -2.40. The Hall–Kier alpha value is -0.750. The molecule has 0 aliphatic carbocycles. The molecule has 0 amide bonds. The normalized spacial score (nSPS) is 21.0. The Morgan fingerprint density at radius 3 is 1.82 bits per heavy atom. The van der Waals surface area contributed by atoms with E-state index < -0.39 is 56.7 Å². The maximum absolute atomic E-state index is 13.6. The predicted molar refractivity (Wildman–Crippen MR) is 53.8 cm³/mol. The minimum Gasteiger partial charge on any atom is -0.379 e. The lowest BCUT2D eigenvalue weighted by Crippen LogP contribution is -2.65. The molecule has 1 atom stereocenters. The summed E-state index contributed by atoms with van der Waals surface area (Å²) in [5.74, 6) is -10.8. The molecule has 0 aromatic carbocycles. The van der Waals surface area contributed by atoms with E-state index in [9.17, 15) is 39.5 Å². The van der Waals surface area contributed by atoms with Gasteiger partial charge >= 0.3 is 18.1 Å². The van der Waals surface area contributed by atoms with Gasteiger partial charge in [0.25, 0.3) is 12.3 Å². The van der Waals surface area contributed by atoms with Crippen molar-refractivity contribution in [3.05, 3.63) is 0 Å². The van der Waals surface area contributed by atoms with E-state index in [-0.39, 0.29) is 11.8 Å². The monoisotopic (exact) mass is 349 g/mol. The van der Waals surface area contributed by atoms with Gasteiger partial charge in [0.2, 0.25) is 0 Å². The third-order valence-corrected chi connectivity index (χ3v) is 2.80. The van der Waals surface area contributed by atoms with Crippen molar-refractivity contribution >= 4 is 0 Å². The molecule has 1 heterocycles. The van der Waals surface area contributed by atoms with Gasteiger partial charge in [-0.05, 0) is 0 Å². The van der Waals surface area contributed by atoms with E-state index in [1.807, 2.05) is 0 Å². The highest BCUT2D eigenvalue weighted by Crippen LogP contribution is 2.49. The molecular formula is C10H12F9NO2. The van der Waals surface area contributed by atoms with Gasteiger partial charge in [0, 0.05) is 20.0 Å². The van der Waals surface area contributed by atoms with E-state index in [0.717, 1.165) is 0 Å². The molecular weight excluding hydrogens is 337 g/mol. The molecule has 1 unspecified atom stereocenters. The second kappa shape index (κ2) is 6.04. The second-order valence-electron chi connectivity index (χ2n) is 4.62. The highest BCUT2D eigenvalue weighted by molar-refractivity contribution is 4.93. The van der Waals surface area contributed by atoms with Crippen molar-refractivity contribution in [1.29, 1.82) is 0 Å². The van der Waals surface area contributed by atoms with Gasteiger partial charge in [0.1, 0.15) is 0 Å². The third-order valence-electron chi connectivity index (χ3n) is 2.80. The van der Waals surface area contributed by atoms with E-state index in [2.05, 4.69) is 9.47 Å². The van der Waals surface area contributed by atoms with E-state index in [1.165, 1.54) is 0 Å². The number of ether oxygens (including phenoxy) is 2. The number of alkyl halides is 9. The summed E-state index contributed by atoms with van der Waals surface area (Å²) >= 11 is 0. The molecule has 1 fully saturated rings. The molecule has 3 nitrogen and oxygen atoms in total. The van der Waals surface area contributed by atoms with Crippen LogP contribution in [0.1, 0.15) is 6.92 Å². The zero-order chi connectivity index (χ0) is 17.4. The first kappa shape index (κ1) is 19.3. The fraction of sp³-hybridized carbons (Fsp3) is 1.00. The average molecular weight is 349 g/mol. The molecule has 0 saturated carbocycles. The van der Waals surface area contributed by atoms with Gasteiger partial charge in [-0.3, -0.25) is 4.74 Å². The number of hydrogen-bond donors (Lipinski definition) is 0. The lowest BCUT2D eigenvalue weighted by molar-refractivity contribution is -0.450. The van der Waals surface area contributed by atoms with Crippen molar-refractivity contribution in [3.63, 3.8) is 0 Å². The first-order valence-electron chi connectivity index (χ1n) is 5.89. The van der Waals surface area contributed by atoms with E-state index in [4.69, 9.17) is 0 Å². The molecule has 1 rings (SSSR count). The first-order valence-corrected chi connectivity index (χ1v) is 5.89. The third kappa shape index (κ3) is 3.59. The van der Waals surface area contributed by atoms with Gasteiger partial charge in [0.15, 0.2) is 0 Å². The summed E-state index contributed by atoms with van der Waals surface area (Å²) in [6.45, 7) is -2.68. The van der Waals surface area contributed by atoms with E-state index in [1.54, 1.807) is 0 Å². The summed E-state index contributed by atoms with van der Waals surface area (Å²) in [4.78, 5) is -0.314. The standard InChI is InChI=1S/C10H12F9NO2/c1-7(12,13)6(11)22-10(18,19)8(14,15)9(16,17)20-2-4-21-5-3-20/h6H,2-5H2,1H3. The van der Waals surface area contributed by atoms with Crippen LogP contribution in [0.2, 0.25) is 0 Å². The van der Waals surface area contributed by atoms with E-state index in [0.29, 0.717) is 0 Å². The summed E-state index contributed by atoms with van der Waals surface area (Å²) in [6, 6.07) is -5.46. The molecule has 0 spiro atoms. The lowest BCUT2D eigenvalue weighted by atomic mass is 10.2. The van der Waals surface area contributed by atoms with Crippen LogP contribution >= 0.6 is 0 Å². The van der Waals surface area contributed by atoms with Crippen LogP contribution in [-0.4, -0.2) is 61.6 Å². The van der Waals surface area contributed by atoms with Gasteiger partial charge < -0.3 is 4.74 Å². The quantitative estimate of drug-likeness (QED) is 0.543. The molecule has 22 heavy (non-hydrogen) atoms. The maximum atomic E-state index is 13.6. The number of rotatable bonds is 6. The maximum Gasteiger partial charge on any atom is 0.429 e. The van der Waals surface area contributed by atoms with Gasteiger partial charge in [-0.25, -0.2) is 18.1 Å². The highest BCUT2D eigenvalue weighted by atomic mass is 19.4. The van der Waals surface area contributed by atoms with Crippen LogP contribution in [0.25, 0.3) is 0 Å². The minimum atomic E-state index is -6.24. The molecule has 0 N–H and O–H groups in total. The Morgan fingerprint density at radius 2 is 1.41 bits per heavy atom. The highest BCUT2D eigenvalue weighted by Gasteiger charge is 2.76. The first-order chi connectivity index (χ1) is 9.73. The minimum absolute atomic E-state index is 0.230. The Kier molecular flexibility index (Phi) is 5.30. The van der Waals surface area contributed by atoms with Gasteiger partial charge in [-0.15, -0.1) is 0 Å². The smallest absolute Gasteiger partial charge is 0.379 e. The van der Waals surface area contributed by atoms with Crippen LogP contribution in [0.3, 0.4) is 0 Å². The van der Waals surface area contributed by atoms with Gasteiger partial charge in [-0.1, -0.05) is 0 Å². The molecule has 0 bridgehead atoms. The molecule has 132 valence electrons. The van der Waals surface area contributed by atoms with Crippen molar-refractivity contribution in [1.82, 2.24) is 4.90 Å². The SMILES string of the molecule is CC(F)(F)C(F)OC(F)(F)C(F)(F)C(F)(F)N1CCOCC1. The van der Waals surface area contributed by atoms with E-state index >= 15 is 0 Å². The fourth-order valence-corrected chi connectivity index (χ4v) is 1.53. The predicted octanol–water partition coefficient (Wildman–Crippen LogP) is 3.11. The molecule has 1 aliphatic heterocycles. The van der Waals surface area contributed by atoms with Gasteiger partial charge in [0.05, 0.1) is 13.2 Å². The Labute approximate surface area is 118 Å². The van der Waals surface area contributed by atoms with Crippen LogP contribution in [-0.2, 0) is 9.47 Å². The molecule has 0 radical (unpaired) electrons. The number of morpholine rings is 1. The summed E-state index contributed by atoms with van der Waals surface area (Å²) in [7, 11) is 0. The Morgan fingerprint density at radius 1 is 0.955 bits per heavy atom. The van der Waals surface area contributed by atoms with Crippen molar-refractivity contribution in [2.45, 2.75) is 37.3 Å². The van der Waals surface area contributed by atoms with Crippen LogP contribution in [0.15, 0.2) is 0 Å². The average Bonchev–Trinajstić information content (AvgIpc) is 2.37. The van der Waals surface area contributed by atoms with Crippen molar-refractivity contribution < 1.29 is 49.0 Å². The zero-order valence-corrected chi connectivity index (χ0v) is 11.1. The van der Waals surface area contributed by atoms with Crippen LogP contribution < -0.4 is 0 Å².